The van der Waals surface area contributed by atoms with Gasteiger partial charge in [-0.1, -0.05) is 104 Å². The lowest BCUT2D eigenvalue weighted by Gasteiger charge is -2.36. The molecule has 3 saturated heterocycles. The zero-order valence-electron chi connectivity index (χ0n) is 76.0. The molecule has 43 nitrogen and oxygen atoms in total. The molecule has 17 rings (SSSR count). The number of piperazine rings is 2. The number of azide groups is 5. The van der Waals surface area contributed by atoms with Crippen molar-refractivity contribution >= 4 is 74.0 Å². The molecule has 1 aromatic heterocycles. The Labute approximate surface area is 813 Å². The summed E-state index contributed by atoms with van der Waals surface area (Å²) in [6.07, 6.45) is 7.15. The maximum atomic E-state index is 14.6. The number of aromatic nitrogens is 2. The molecule has 758 valence electrons. The van der Waals surface area contributed by atoms with Crippen LogP contribution in [0.1, 0.15) is 77.5 Å². The fourth-order valence-electron chi connectivity index (χ4n) is 14.0. The first-order valence-electron chi connectivity index (χ1n) is 43.6. The Balaban J connectivity index is 0.000000185. The molecular weight excluding hydrogens is 1920 g/mol. The van der Waals surface area contributed by atoms with Gasteiger partial charge in [0.25, 0.3) is 0 Å². The van der Waals surface area contributed by atoms with Crippen LogP contribution in [0.15, 0.2) is 220 Å². The van der Waals surface area contributed by atoms with Gasteiger partial charge in [0.15, 0.2) is 46.2 Å². The molecule has 0 unspecified atom stereocenters. The fraction of sp³-hybridized carbons (Fsp3) is 0.382. The van der Waals surface area contributed by atoms with Crippen molar-refractivity contribution in [2.24, 2.45) is 61.7 Å². The van der Waals surface area contributed by atoms with E-state index in [9.17, 15) is 48.7 Å². The van der Waals surface area contributed by atoms with Crippen LogP contribution in [0.4, 0.5) is 61.0 Å². The molecule has 9 aliphatic rings. The van der Waals surface area contributed by atoms with E-state index in [0.717, 1.165) is 62.6 Å². The minimum Gasteiger partial charge on any atom is -0.410 e. The Morgan fingerprint density at radius 1 is 0.420 bits per heavy atom. The van der Waals surface area contributed by atoms with Gasteiger partial charge in [-0.15, -0.1) is 6.58 Å². The lowest BCUT2D eigenvalue weighted by Crippen LogP contribution is -2.49. The van der Waals surface area contributed by atoms with E-state index in [1.165, 1.54) is 54.9 Å². The Morgan fingerprint density at radius 3 is 1.01 bits per heavy atom. The number of hydrogen-bond acceptors (Lipinski definition) is 31. The first-order chi connectivity index (χ1) is 69.3. The molecule has 7 N–H and O–H groups in total. The lowest BCUT2D eigenvalue weighted by atomic mass is 10.0. The Hall–Kier alpha value is -15.5. The van der Waals surface area contributed by atoms with Gasteiger partial charge in [-0.25, -0.2) is 48.9 Å². The van der Waals surface area contributed by atoms with Gasteiger partial charge >= 0.3 is 0 Å². The third kappa shape index (κ3) is 34.5. The van der Waals surface area contributed by atoms with Gasteiger partial charge in [-0.05, 0) is 131 Å². The molecule has 6 atom stereocenters. The second-order valence-electron chi connectivity index (χ2n) is 30.8. The number of nitrogens with one attached hydrogen (secondary N) is 1. The van der Waals surface area contributed by atoms with Gasteiger partial charge in [-0.3, -0.25) is 4.79 Å². The van der Waals surface area contributed by atoms with Gasteiger partial charge in [0.2, 0.25) is 5.91 Å². The summed E-state index contributed by atoms with van der Waals surface area (Å²) in [5, 5.41) is 94.9. The molecular formula is C89H96ClF10N29O14. The first-order valence-corrected chi connectivity index (χ1v) is 44.0. The quantitative estimate of drug-likeness (QED) is 0.00408. The van der Waals surface area contributed by atoms with Crippen molar-refractivity contribution in [2.45, 2.75) is 75.1 Å². The number of morpholine rings is 1. The second-order valence-corrected chi connectivity index (χ2v) is 31.1. The van der Waals surface area contributed by atoms with Crippen molar-refractivity contribution < 1.29 is 113 Å². The maximum absolute atomic E-state index is 14.6. The number of hydrogen-bond donors (Lipinski definition) is 7. The molecule has 9 aliphatic heterocycles. The number of benzene rings is 7. The third-order valence-corrected chi connectivity index (χ3v) is 21.4. The topological polar surface area (TPSA) is 576 Å². The van der Waals surface area contributed by atoms with Crippen molar-refractivity contribution in [3.8, 4) is 5.69 Å². The van der Waals surface area contributed by atoms with Crippen LogP contribution in [0.3, 0.4) is 0 Å². The summed E-state index contributed by atoms with van der Waals surface area (Å²) in [5.41, 5.74) is 50.9. The SMILES string of the molecule is C=CCO.O/N=C(\Cl)c1ccc(F)c(F)c1.OCCO.OC[C@H]1CC(c2ccc(F)c(F)c2)=NO1.[N-]=[N+]=NC[C@H]1CC(c2ccc(-n3ccnc3)c(F)c2)=NO1.[N-]=[N+]=NC[C@H]1CC(c2ccc(F)c(F)c2)=NO1.[N-]=[N+]=NC[C@H]1CC(c2ccc(N3CCN(C(=O)CO)CC3)c(F)c2)=NO1.[N-]=[N+]=NC[C@H]1CC(c2ccc(N3CCNCC3)c(F)c2)=NO1.[N-]=[N+]=NC[C@H]1CC(c2ccc(N3CCOCC3)c(F)c2)=NO1. The molecule has 7 aromatic carbocycles. The van der Waals surface area contributed by atoms with E-state index in [2.05, 4.69) is 103 Å². The number of aliphatic hydroxyl groups excluding tert-OH is 5. The van der Waals surface area contributed by atoms with Gasteiger partial charge in [0, 0.05) is 180 Å². The molecule has 10 heterocycles. The van der Waals surface area contributed by atoms with Crippen molar-refractivity contribution in [2.75, 3.05) is 159 Å². The summed E-state index contributed by atoms with van der Waals surface area (Å²) < 4.78 is 140. The molecule has 8 aromatic rings. The smallest absolute Gasteiger partial charge is 0.248 e. The largest absolute Gasteiger partial charge is 0.410 e. The predicted molar refractivity (Wildman–Crippen MR) is 505 cm³/mol. The van der Waals surface area contributed by atoms with Crippen LogP contribution >= 0.6 is 11.6 Å². The average Bonchev–Trinajstić information content (AvgIpc) is 1.78. The highest BCUT2D eigenvalue weighted by Gasteiger charge is 2.31. The molecule has 0 aliphatic carbocycles. The predicted octanol–water partition coefficient (Wildman–Crippen LogP) is 14.3. The number of ether oxygens (including phenoxy) is 1. The number of carbonyl (C=O) groups excluding carboxylic acids is 1. The molecule has 143 heavy (non-hydrogen) atoms. The molecule has 1 amide bonds. The highest BCUT2D eigenvalue weighted by Crippen LogP contribution is 2.31. The minimum atomic E-state index is -1.03. The summed E-state index contributed by atoms with van der Waals surface area (Å²) in [5.74, 6) is -7.22. The summed E-state index contributed by atoms with van der Waals surface area (Å²) >= 11 is 5.33. The van der Waals surface area contributed by atoms with E-state index in [-0.39, 0.29) is 136 Å². The number of aliphatic hydroxyl groups is 5. The second kappa shape index (κ2) is 59.2. The number of nitrogens with zero attached hydrogens (tertiary/aromatic N) is 28. The van der Waals surface area contributed by atoms with Crippen LogP contribution < -0.4 is 20.0 Å². The number of oxime groups is 7. The van der Waals surface area contributed by atoms with Crippen LogP contribution in [0, 0.1) is 58.2 Å². The lowest BCUT2D eigenvalue weighted by molar-refractivity contribution is -0.134. The van der Waals surface area contributed by atoms with Crippen LogP contribution in [-0.4, -0.2) is 272 Å². The molecule has 0 radical (unpaired) electrons. The van der Waals surface area contributed by atoms with E-state index < -0.39 is 41.5 Å². The Morgan fingerprint density at radius 2 is 0.727 bits per heavy atom. The summed E-state index contributed by atoms with van der Waals surface area (Å²) in [6.45, 7) is 11.2. The average molecular weight is 2020 g/mol. The normalized spacial score (nSPS) is 18.2. The van der Waals surface area contributed by atoms with Crippen molar-refractivity contribution in [3.63, 3.8) is 0 Å². The molecule has 0 saturated carbocycles. The highest BCUT2D eigenvalue weighted by atomic mass is 35.5. The van der Waals surface area contributed by atoms with E-state index in [1.807, 2.05) is 26.8 Å². The maximum Gasteiger partial charge on any atom is 0.248 e. The Kier molecular flexibility index (Phi) is 46.0. The van der Waals surface area contributed by atoms with Crippen molar-refractivity contribution in [3.05, 3.63) is 308 Å². The van der Waals surface area contributed by atoms with Crippen LogP contribution in [0.25, 0.3) is 57.9 Å². The third-order valence-electron chi connectivity index (χ3n) is 21.1. The van der Waals surface area contributed by atoms with Gasteiger partial charge in [0.05, 0.1) is 136 Å². The van der Waals surface area contributed by atoms with Gasteiger partial charge < -0.3 is 94.0 Å². The van der Waals surface area contributed by atoms with E-state index >= 15 is 0 Å². The Bertz CT molecular complexity index is 5960. The summed E-state index contributed by atoms with van der Waals surface area (Å²) in [4.78, 5) is 66.8. The number of carbonyl (C=O) groups is 1. The molecule has 0 bridgehead atoms. The number of amides is 1. The number of imidazole rings is 1. The van der Waals surface area contributed by atoms with E-state index in [0.29, 0.717) is 181 Å². The molecule has 0 spiro atoms. The number of anilines is 3. The van der Waals surface area contributed by atoms with Crippen LogP contribution in [0.5, 0.6) is 0 Å². The molecule has 54 heteroatoms. The van der Waals surface area contributed by atoms with E-state index in [4.69, 9.17) is 104 Å². The first kappa shape index (κ1) is 111. The number of halogens is 11. The zero-order valence-corrected chi connectivity index (χ0v) is 76.8. The zero-order chi connectivity index (χ0) is 103. The van der Waals surface area contributed by atoms with Crippen molar-refractivity contribution in [1.82, 2.24) is 19.8 Å². The van der Waals surface area contributed by atoms with Gasteiger partial charge in [0.1, 0.15) is 60.4 Å². The van der Waals surface area contributed by atoms with Gasteiger partial charge in [-0.2, -0.15) is 0 Å². The highest BCUT2D eigenvalue weighted by molar-refractivity contribution is 6.69. The molecule has 3 fully saturated rings. The summed E-state index contributed by atoms with van der Waals surface area (Å²) in [7, 11) is 0. The fourth-order valence-corrected chi connectivity index (χ4v) is 14.1. The van der Waals surface area contributed by atoms with E-state index in [1.54, 1.807) is 58.3 Å². The van der Waals surface area contributed by atoms with Crippen molar-refractivity contribution in [1.29, 1.82) is 0 Å². The van der Waals surface area contributed by atoms with Crippen LogP contribution in [-0.2, 0) is 38.6 Å². The minimum absolute atomic E-state index is 0.0833. The monoisotopic (exact) mass is 2020 g/mol. The van der Waals surface area contributed by atoms with Crippen LogP contribution in [0.2, 0.25) is 0 Å². The summed E-state index contributed by atoms with van der Waals surface area (Å²) in [6, 6.07) is 30.0. The number of rotatable bonds is 25. The standard InChI is InChI=1S/C16H19FN6O3.C14H17FN6O.C14H16FN5O2.C13H11FN6O.C10H8F2N4O.C10H9F2NO2.C7H4ClF2NO.C3H6O.C2H6O2/c17-13-7-11(14-8-12(26-20-14)9-19-21-18)1-2-15(13)22-3-5-23(6-4-22)16(25)10-24;15-12-7-10(13-8-11(22-19-13)9-18-20-16)1-2-14(12)21-5-3-17-4-6-21;15-12-7-10(13-8-11(22-18-13)9-17-19-16)1-2-14(12)20-3-5-21-6-4-20;14-11-5-9(1-2-13(11)20-4-3-16-8-20)12-6-10(21-18-12)7-17-19-15;11-8-2-1-6(3-9(8)12)10-4-7(17-15-10)5-14-16-13;11-8-2-1-6(3-9(8)12)10-4-7(5-14)15-13-10;8-7(11-12)4-1-2-5(9)6(10)3-4;1-2-3-4;3-1-2-4/h1-2,7,12,24H,3-6,8-10H2;1-2,7,11,17H,3-6,8-9H2;1-2,7,11H,3-6,8-9H2;1-5,8,10H,6-7H2;1-3,7H,4-5H2;1-3,7,14H,4-5H2;1-3,12H;2,4H,1,3H2;3-4H,1-2H2/b;;;;;;11-7-;;/t12-;2*11-;10-;2*7-;;;/m111111.../s1.